The minimum atomic E-state index is 0. The van der Waals surface area contributed by atoms with Crippen molar-refractivity contribution in [2.45, 2.75) is 0 Å². The van der Waals surface area contributed by atoms with E-state index >= 15 is 0 Å². The third-order valence-electron chi connectivity index (χ3n) is 1.25. The number of aliphatic hydroxyl groups excluding tert-OH is 3. The lowest BCUT2D eigenvalue weighted by Crippen LogP contribution is -2.32. The highest BCUT2D eigenvalue weighted by Crippen LogP contribution is 1.84. The fourth-order valence-corrected chi connectivity index (χ4v) is 0.760. The molecule has 0 aromatic rings. The van der Waals surface area contributed by atoms with Gasteiger partial charge in [-0.25, -0.2) is 0 Å². The van der Waals surface area contributed by atoms with Gasteiger partial charge in [0.25, 0.3) is 0 Å². The largest absolute Gasteiger partial charge is 1.00 e. The number of aliphatic hydroxyl groups is 3. The molecule has 66 valence electrons. The molecule has 0 aliphatic rings. The molecule has 0 aliphatic heterocycles. The molecule has 4 nitrogen and oxygen atoms in total. The van der Waals surface area contributed by atoms with Crippen LogP contribution in [0.1, 0.15) is 0 Å². The second kappa shape index (κ2) is 9.90. The van der Waals surface area contributed by atoms with Crippen molar-refractivity contribution in [2.24, 2.45) is 0 Å². The van der Waals surface area contributed by atoms with Crippen molar-refractivity contribution in [2.75, 3.05) is 39.5 Å². The number of rotatable bonds is 6. The maximum absolute atomic E-state index is 8.48. The molecule has 0 aromatic carbocycles. The molecular weight excluding hydrogens is 145 g/mol. The number of hydrogen-bond donors (Lipinski definition) is 3. The van der Waals surface area contributed by atoms with Gasteiger partial charge in [0, 0.05) is 19.6 Å². The Morgan fingerprint density at radius 2 is 1.00 bits per heavy atom. The zero-order valence-electron chi connectivity index (χ0n) is 6.61. The molecule has 0 spiro atoms. The topological polar surface area (TPSA) is 63.9 Å². The van der Waals surface area contributed by atoms with Crippen LogP contribution in [0.4, 0.5) is 0 Å². The van der Waals surface area contributed by atoms with Gasteiger partial charge in [0.2, 0.25) is 0 Å². The average Bonchev–Trinajstić information content (AvgIpc) is 1.90. The van der Waals surface area contributed by atoms with Crippen LogP contribution in [-0.4, -0.2) is 68.1 Å². The summed E-state index contributed by atoms with van der Waals surface area (Å²) in [6.07, 6.45) is 0. The molecule has 0 saturated heterocycles. The Morgan fingerprint density at radius 1 is 0.727 bits per heavy atom. The minimum absolute atomic E-state index is 0. The molecule has 4 radical (unpaired) electrons. The van der Waals surface area contributed by atoms with Gasteiger partial charge in [-0.2, -0.15) is 0 Å². The van der Waals surface area contributed by atoms with Crippen molar-refractivity contribution in [3.8, 4) is 0 Å². The molecule has 0 amide bonds. The Labute approximate surface area is 69.0 Å². The molecule has 0 bridgehead atoms. The van der Waals surface area contributed by atoms with E-state index in [0.717, 1.165) is 0 Å². The molecule has 0 aromatic heterocycles. The van der Waals surface area contributed by atoms with E-state index in [2.05, 4.69) is 0 Å². The summed E-state index contributed by atoms with van der Waals surface area (Å²) >= 11 is 0. The molecule has 0 fully saturated rings. The summed E-state index contributed by atoms with van der Waals surface area (Å²) in [7, 11) is 0. The standard InChI is InChI=1S/C6H15NO3.B/c8-4-1-7(2-5-9)3-6-10;/h8-10H,1-6H2;/q;-1. The Hall–Kier alpha value is -0.0951. The van der Waals surface area contributed by atoms with Crippen molar-refractivity contribution in [3.05, 3.63) is 0 Å². The fourth-order valence-electron chi connectivity index (χ4n) is 0.760. The summed E-state index contributed by atoms with van der Waals surface area (Å²) in [6.45, 7) is 1.75. The van der Waals surface area contributed by atoms with Gasteiger partial charge < -0.3 is 23.7 Å². The second-order valence-corrected chi connectivity index (χ2v) is 2.01. The molecule has 0 heterocycles. The van der Waals surface area contributed by atoms with Gasteiger partial charge in [-0.3, -0.25) is 4.90 Å². The third-order valence-corrected chi connectivity index (χ3v) is 1.25. The van der Waals surface area contributed by atoms with Gasteiger partial charge in [-0.1, -0.05) is 0 Å². The lowest BCUT2D eigenvalue weighted by Gasteiger charge is -2.17. The van der Waals surface area contributed by atoms with E-state index in [1.165, 1.54) is 0 Å². The van der Waals surface area contributed by atoms with Crippen molar-refractivity contribution in [3.63, 3.8) is 0 Å². The van der Waals surface area contributed by atoms with Crippen LogP contribution in [0.15, 0.2) is 0 Å². The fraction of sp³-hybridized carbons (Fsp3) is 1.00. The predicted octanol–water partition coefficient (Wildman–Crippen LogP) is -2.12. The predicted molar refractivity (Wildman–Crippen MR) is 43.5 cm³/mol. The lowest BCUT2D eigenvalue weighted by molar-refractivity contribution is 0.136. The monoisotopic (exact) mass is 160 g/mol. The van der Waals surface area contributed by atoms with Gasteiger partial charge in [-0.05, 0) is 0 Å². The van der Waals surface area contributed by atoms with Crippen molar-refractivity contribution in [1.82, 2.24) is 4.90 Å². The van der Waals surface area contributed by atoms with E-state index in [-0.39, 0.29) is 28.2 Å². The van der Waals surface area contributed by atoms with E-state index in [1.54, 1.807) is 4.90 Å². The molecule has 0 aliphatic carbocycles. The molecule has 0 atom stereocenters. The first-order chi connectivity index (χ1) is 4.85. The molecule has 3 N–H and O–H groups in total. The molecule has 11 heavy (non-hydrogen) atoms. The molecule has 0 saturated carbocycles. The van der Waals surface area contributed by atoms with Crippen LogP contribution < -0.4 is 0 Å². The highest BCUT2D eigenvalue weighted by molar-refractivity contribution is 5.75. The normalized spacial score (nSPS) is 9.82. The van der Waals surface area contributed by atoms with Gasteiger partial charge >= 0.3 is 0 Å². The van der Waals surface area contributed by atoms with Gasteiger partial charge in [0.1, 0.15) is 0 Å². The second-order valence-electron chi connectivity index (χ2n) is 2.01. The summed E-state index contributed by atoms with van der Waals surface area (Å²) in [5.41, 5.74) is 0. The Kier molecular flexibility index (Phi) is 12.1. The quantitative estimate of drug-likeness (QED) is 0.389. The Morgan fingerprint density at radius 3 is 1.18 bits per heavy atom. The zero-order valence-corrected chi connectivity index (χ0v) is 6.61. The van der Waals surface area contributed by atoms with Crippen LogP contribution in [-0.2, 0) is 0 Å². The molecular formula is C6H15BNO3-. The number of nitrogens with zero attached hydrogens (tertiary/aromatic N) is 1. The van der Waals surface area contributed by atoms with Crippen molar-refractivity contribution < 1.29 is 15.3 Å². The van der Waals surface area contributed by atoms with Crippen LogP contribution in [0, 0.1) is 0 Å². The lowest BCUT2D eigenvalue weighted by atomic mass is 10.4. The average molecular weight is 160 g/mol. The van der Waals surface area contributed by atoms with E-state index in [0.29, 0.717) is 19.6 Å². The maximum atomic E-state index is 8.48. The van der Waals surface area contributed by atoms with E-state index < -0.39 is 0 Å². The zero-order chi connectivity index (χ0) is 7.82. The van der Waals surface area contributed by atoms with Crippen LogP contribution in [0.3, 0.4) is 0 Å². The van der Waals surface area contributed by atoms with E-state index in [9.17, 15) is 0 Å². The van der Waals surface area contributed by atoms with Crippen molar-refractivity contribution >= 4 is 8.41 Å². The first-order valence-electron chi connectivity index (χ1n) is 3.40. The Bertz CT molecular complexity index is 60.6. The minimum Gasteiger partial charge on any atom is -1.00 e. The van der Waals surface area contributed by atoms with Crippen LogP contribution in [0.2, 0.25) is 0 Å². The van der Waals surface area contributed by atoms with Gasteiger partial charge in [-0.15, -0.1) is 0 Å². The SMILES string of the molecule is OCCN(CCO)CCO.[B-]. The van der Waals surface area contributed by atoms with E-state index in [1.807, 2.05) is 0 Å². The van der Waals surface area contributed by atoms with Crippen LogP contribution in [0.25, 0.3) is 0 Å². The highest BCUT2D eigenvalue weighted by Gasteiger charge is 2.00. The van der Waals surface area contributed by atoms with Crippen molar-refractivity contribution in [1.29, 1.82) is 0 Å². The summed E-state index contributed by atoms with van der Waals surface area (Å²) in [4.78, 5) is 1.79. The summed E-state index contributed by atoms with van der Waals surface area (Å²) in [6, 6.07) is 0. The maximum Gasteiger partial charge on any atom is 0.0558 e. The first kappa shape index (κ1) is 13.5. The Balaban J connectivity index is 0. The van der Waals surface area contributed by atoms with E-state index in [4.69, 9.17) is 15.3 Å². The molecule has 0 rings (SSSR count). The summed E-state index contributed by atoms with van der Waals surface area (Å²) in [5.74, 6) is 0. The summed E-state index contributed by atoms with van der Waals surface area (Å²) < 4.78 is 0. The molecule has 5 heteroatoms. The molecule has 0 unspecified atom stereocenters. The smallest absolute Gasteiger partial charge is 0.0558 e. The third kappa shape index (κ3) is 7.81. The number of hydrogen-bond acceptors (Lipinski definition) is 4. The summed E-state index contributed by atoms with van der Waals surface area (Å²) in [5, 5.41) is 25.5. The highest BCUT2D eigenvalue weighted by atomic mass is 16.3. The van der Waals surface area contributed by atoms with Gasteiger partial charge in [0.05, 0.1) is 19.8 Å². The van der Waals surface area contributed by atoms with Crippen LogP contribution in [0.5, 0.6) is 0 Å². The first-order valence-corrected chi connectivity index (χ1v) is 3.40. The van der Waals surface area contributed by atoms with Gasteiger partial charge in [0.15, 0.2) is 0 Å². The van der Waals surface area contributed by atoms with Crippen LogP contribution >= 0.6 is 0 Å².